The van der Waals surface area contributed by atoms with E-state index in [1.807, 2.05) is 18.3 Å². The zero-order chi connectivity index (χ0) is 51.4. The highest BCUT2D eigenvalue weighted by Gasteiger charge is 2.29. The molecule has 0 unspecified atom stereocenters. The molecule has 0 fully saturated rings. The van der Waals surface area contributed by atoms with Crippen molar-refractivity contribution in [1.82, 2.24) is 36.8 Å². The van der Waals surface area contributed by atoms with Crippen molar-refractivity contribution in [1.29, 1.82) is 0 Å². The van der Waals surface area contributed by atoms with Crippen LogP contribution in [0, 0.1) is 0 Å². The minimum absolute atomic E-state index is 0.0338. The molecule has 0 amide bonds. The molecule has 8 heterocycles. The summed E-state index contributed by atoms with van der Waals surface area (Å²) >= 11 is 13.4. The Kier molecular flexibility index (Phi) is 15.8. The number of nitrogens with one attached hydrogen (secondary N) is 1. The number of hydrogen-bond acceptors (Lipinski definition) is 11. The van der Waals surface area contributed by atoms with E-state index < -0.39 is 42.2 Å². The topological polar surface area (TPSA) is 202 Å². The standard InChI is InChI=1S/C14H9BrF2N2O2S.C14H9BrN2O3S.C13H9BrN2O2S.C7H5BrN2/c15-11-6-7-18-14-10(11)8-12(13(16)17)19(14)22(20,21)9-4-2-1-3-5-9;15-13-6-7-16-14-12(13)8-10(9-18)17(14)21(19,20)11-4-2-1-3-5-11;14-12-6-8-15-13-11(12)7-9-16(13)19(17,18)10-4-2-1-3-5-10;8-6-2-4-10-7-5(6)1-3-9-7/h1-8,13H;1-9H;1-9H;1-4H,(H,9,10). The highest BCUT2D eigenvalue weighted by atomic mass is 79.9. The van der Waals surface area contributed by atoms with E-state index in [1.165, 1.54) is 65.0 Å². The largest absolute Gasteiger partial charge is 0.346 e. The molecule has 0 aliphatic carbocycles. The maximum atomic E-state index is 13.3. The molecule has 15 nitrogen and oxygen atoms in total. The molecule has 3 aromatic carbocycles. The molecule has 0 saturated heterocycles. The third-order valence-corrected chi connectivity index (χ3v) is 18.3. The van der Waals surface area contributed by atoms with Gasteiger partial charge in [0, 0.05) is 76.6 Å². The Hall–Kier alpha value is -6.28. The van der Waals surface area contributed by atoms with Gasteiger partial charge in [0.15, 0.2) is 23.2 Å². The zero-order valence-electron chi connectivity index (χ0n) is 36.4. The molecular weight excluding hydrogens is 1250 g/mol. The van der Waals surface area contributed by atoms with Crippen molar-refractivity contribution in [3.05, 3.63) is 206 Å². The Bertz CT molecular complexity index is 4110. The third kappa shape index (κ3) is 10.5. The number of pyridine rings is 4. The Labute approximate surface area is 443 Å². The molecule has 0 atom stereocenters. The van der Waals surface area contributed by atoms with Crippen LogP contribution in [0.3, 0.4) is 0 Å². The van der Waals surface area contributed by atoms with Gasteiger partial charge in [-0.05, 0) is 149 Å². The highest BCUT2D eigenvalue weighted by Crippen LogP contribution is 2.34. The summed E-state index contributed by atoms with van der Waals surface area (Å²) in [4.78, 5) is 30.9. The number of alkyl halides is 2. The first-order valence-electron chi connectivity index (χ1n) is 20.6. The van der Waals surface area contributed by atoms with E-state index in [2.05, 4.69) is 88.6 Å². The number of rotatable bonds is 8. The number of carbonyl (C=O) groups is 1. The van der Waals surface area contributed by atoms with Crippen molar-refractivity contribution >= 4 is 144 Å². The zero-order valence-corrected chi connectivity index (χ0v) is 45.2. The number of benzene rings is 3. The van der Waals surface area contributed by atoms with Gasteiger partial charge in [-0.25, -0.2) is 65.9 Å². The minimum atomic E-state index is -4.16. The van der Waals surface area contributed by atoms with Crippen molar-refractivity contribution in [3.63, 3.8) is 0 Å². The lowest BCUT2D eigenvalue weighted by molar-refractivity contribution is 0.111. The number of aromatic amines is 1. The number of halogens is 6. The van der Waals surface area contributed by atoms with E-state index in [9.17, 15) is 38.8 Å². The third-order valence-electron chi connectivity index (χ3n) is 10.4. The second-order valence-electron chi connectivity index (χ2n) is 14.8. The van der Waals surface area contributed by atoms with Crippen LogP contribution in [-0.2, 0) is 30.1 Å². The first-order chi connectivity index (χ1) is 34.5. The lowest BCUT2D eigenvalue weighted by Crippen LogP contribution is -2.16. The quantitative estimate of drug-likeness (QED) is 0.142. The lowest BCUT2D eigenvalue weighted by Gasteiger charge is -2.10. The summed E-state index contributed by atoms with van der Waals surface area (Å²) < 4.78 is 108. The van der Waals surface area contributed by atoms with Gasteiger partial charge in [-0.1, -0.05) is 54.6 Å². The fourth-order valence-corrected chi connectivity index (χ4v) is 13.0. The summed E-state index contributed by atoms with van der Waals surface area (Å²) in [6, 6.07) is 37.0. The Balaban J connectivity index is 0.000000132. The molecule has 0 aliphatic rings. The number of hydrogen-bond donors (Lipinski definition) is 1. The predicted octanol–water partition coefficient (Wildman–Crippen LogP) is 12.2. The summed E-state index contributed by atoms with van der Waals surface area (Å²) in [5, 5.41) is 2.78. The summed E-state index contributed by atoms with van der Waals surface area (Å²) in [5.74, 6) is 0. The van der Waals surface area contributed by atoms with Crippen LogP contribution >= 0.6 is 63.7 Å². The van der Waals surface area contributed by atoms with Crippen LogP contribution in [0.2, 0.25) is 0 Å². The van der Waals surface area contributed by atoms with Crippen LogP contribution in [0.1, 0.15) is 22.6 Å². The summed E-state index contributed by atoms with van der Waals surface area (Å²) in [5.41, 5.74) is 0.947. The highest BCUT2D eigenvalue weighted by molar-refractivity contribution is 9.11. The fraction of sp³-hybridized carbons (Fsp3) is 0.0208. The number of H-pyrrole nitrogens is 1. The van der Waals surface area contributed by atoms with Crippen LogP contribution in [0.5, 0.6) is 0 Å². The molecule has 11 rings (SSSR count). The van der Waals surface area contributed by atoms with E-state index >= 15 is 0 Å². The lowest BCUT2D eigenvalue weighted by atomic mass is 10.3. The summed E-state index contributed by atoms with van der Waals surface area (Å²) in [6.07, 6.45) is 7.14. The van der Waals surface area contributed by atoms with Crippen molar-refractivity contribution in [2.75, 3.05) is 0 Å². The first kappa shape index (κ1) is 52.1. The maximum Gasteiger partial charge on any atom is 0.279 e. The molecule has 366 valence electrons. The Morgan fingerprint density at radius 3 is 1.42 bits per heavy atom. The van der Waals surface area contributed by atoms with Crippen LogP contribution in [-0.4, -0.2) is 68.4 Å². The minimum Gasteiger partial charge on any atom is -0.346 e. The predicted molar refractivity (Wildman–Crippen MR) is 284 cm³/mol. The number of aromatic nitrogens is 8. The number of carbonyl (C=O) groups excluding carboxylic acids is 1. The van der Waals surface area contributed by atoms with E-state index in [-0.39, 0.29) is 31.7 Å². The molecule has 0 aliphatic heterocycles. The van der Waals surface area contributed by atoms with Gasteiger partial charge >= 0.3 is 0 Å². The van der Waals surface area contributed by atoms with Gasteiger partial charge in [-0.15, -0.1) is 0 Å². The normalized spacial score (nSPS) is 11.7. The van der Waals surface area contributed by atoms with E-state index in [1.54, 1.807) is 91.3 Å². The molecule has 0 spiro atoms. The molecular formula is C48H32Br4F2N8O7S3. The van der Waals surface area contributed by atoms with Gasteiger partial charge in [0.05, 0.1) is 20.4 Å². The van der Waals surface area contributed by atoms with Gasteiger partial charge in [0.1, 0.15) is 11.3 Å². The molecule has 0 bridgehead atoms. The average Bonchev–Trinajstić information content (AvgIpc) is 4.21. The van der Waals surface area contributed by atoms with Crippen molar-refractivity contribution < 1.29 is 38.8 Å². The van der Waals surface area contributed by atoms with Crippen molar-refractivity contribution in [2.24, 2.45) is 0 Å². The molecule has 0 radical (unpaired) electrons. The van der Waals surface area contributed by atoms with Crippen LogP contribution in [0.25, 0.3) is 44.1 Å². The van der Waals surface area contributed by atoms with E-state index in [0.29, 0.717) is 35.6 Å². The Morgan fingerprint density at radius 1 is 0.486 bits per heavy atom. The maximum absolute atomic E-state index is 13.3. The van der Waals surface area contributed by atoms with Gasteiger partial charge in [-0.3, -0.25) is 4.79 Å². The van der Waals surface area contributed by atoms with E-state index in [4.69, 9.17) is 0 Å². The van der Waals surface area contributed by atoms with Gasteiger partial charge in [0.25, 0.3) is 36.5 Å². The van der Waals surface area contributed by atoms with Crippen molar-refractivity contribution in [3.8, 4) is 0 Å². The monoisotopic (exact) mass is 1280 g/mol. The molecule has 24 heteroatoms. The Morgan fingerprint density at radius 2 is 0.917 bits per heavy atom. The van der Waals surface area contributed by atoms with E-state index in [0.717, 1.165) is 35.4 Å². The van der Waals surface area contributed by atoms with Crippen LogP contribution in [0.15, 0.2) is 209 Å². The van der Waals surface area contributed by atoms with Crippen molar-refractivity contribution in [2.45, 2.75) is 21.1 Å². The first-order valence-corrected chi connectivity index (χ1v) is 28.1. The molecule has 8 aromatic heterocycles. The number of nitrogens with zero attached hydrogens (tertiary/aromatic N) is 7. The number of aldehydes is 1. The van der Waals surface area contributed by atoms with Crippen LogP contribution < -0.4 is 0 Å². The second-order valence-corrected chi connectivity index (χ2v) is 23.6. The second kappa shape index (κ2) is 21.8. The van der Waals surface area contributed by atoms with Gasteiger partial charge < -0.3 is 4.98 Å². The smallest absolute Gasteiger partial charge is 0.279 e. The molecule has 1 N–H and O–H groups in total. The molecule has 11 aromatic rings. The number of fused-ring (bicyclic) bond motifs is 4. The van der Waals surface area contributed by atoms with Gasteiger partial charge in [0.2, 0.25) is 0 Å². The van der Waals surface area contributed by atoms with Gasteiger partial charge in [-0.2, -0.15) is 0 Å². The average molecular weight is 1290 g/mol. The summed E-state index contributed by atoms with van der Waals surface area (Å²) in [6.45, 7) is 0. The SMILES string of the molecule is Brc1ccnc2[nH]ccc12.O=Cc1cc2c(Br)ccnc2n1S(=O)(=O)c1ccccc1.O=S(=O)(c1ccccc1)n1c(C(F)F)cc2c(Br)ccnc21.O=S(=O)(c1ccccc1)n1ccc2c(Br)ccnc21. The van der Waals surface area contributed by atoms with Crippen LogP contribution in [0.4, 0.5) is 8.78 Å². The summed E-state index contributed by atoms with van der Waals surface area (Å²) in [7, 11) is -11.6. The molecule has 0 saturated carbocycles. The fourth-order valence-electron chi connectivity index (χ4n) is 7.07. The molecule has 72 heavy (non-hydrogen) atoms.